The van der Waals surface area contributed by atoms with Gasteiger partial charge in [0.05, 0.1) is 12.2 Å². The van der Waals surface area contributed by atoms with Crippen molar-refractivity contribution in [2.24, 2.45) is 5.92 Å². The van der Waals surface area contributed by atoms with Gasteiger partial charge in [0.25, 0.3) is 0 Å². The second-order valence-corrected chi connectivity index (χ2v) is 8.13. The third kappa shape index (κ3) is 2.63. The molecule has 1 aromatic rings. The van der Waals surface area contributed by atoms with E-state index in [4.69, 9.17) is 0 Å². The van der Waals surface area contributed by atoms with Crippen molar-refractivity contribution in [3.8, 4) is 0 Å². The molecule has 1 aromatic carbocycles. The number of anilines is 1. The largest absolute Gasteiger partial charge is 0.309 e. The van der Waals surface area contributed by atoms with Crippen molar-refractivity contribution in [2.45, 2.75) is 25.8 Å². The van der Waals surface area contributed by atoms with Gasteiger partial charge < -0.3 is 4.90 Å². The summed E-state index contributed by atoms with van der Waals surface area (Å²) >= 11 is 0. The van der Waals surface area contributed by atoms with Crippen molar-refractivity contribution in [2.75, 3.05) is 24.2 Å². The van der Waals surface area contributed by atoms with Gasteiger partial charge >= 0.3 is 0 Å². The monoisotopic (exact) mass is 326 g/mol. The summed E-state index contributed by atoms with van der Waals surface area (Å²) in [5.41, 5.74) is 1.59. The zero-order chi connectivity index (χ0) is 16.1. The van der Waals surface area contributed by atoms with Crippen molar-refractivity contribution < 1.29 is 17.6 Å². The van der Waals surface area contributed by atoms with Gasteiger partial charge in [-0.25, -0.2) is 17.1 Å². The number of halogens is 1. The molecule has 0 spiro atoms. The van der Waals surface area contributed by atoms with Crippen LogP contribution < -0.4 is 4.90 Å². The van der Waals surface area contributed by atoms with E-state index in [1.54, 1.807) is 11.0 Å². The van der Waals surface area contributed by atoms with E-state index in [9.17, 15) is 17.6 Å². The molecule has 1 fully saturated rings. The van der Waals surface area contributed by atoms with Crippen LogP contribution in [0.4, 0.5) is 10.1 Å². The van der Waals surface area contributed by atoms with Crippen LogP contribution in [0.2, 0.25) is 0 Å². The van der Waals surface area contributed by atoms with E-state index < -0.39 is 10.0 Å². The fraction of sp³-hybridized carbons (Fsp3) is 0.533. The Bertz CT molecular complexity index is 713. The summed E-state index contributed by atoms with van der Waals surface area (Å²) in [5, 5.41) is 0. The molecule has 5 nitrogen and oxygen atoms in total. The fourth-order valence-corrected chi connectivity index (χ4v) is 4.02. The van der Waals surface area contributed by atoms with Gasteiger partial charge in [-0.2, -0.15) is 0 Å². The number of benzene rings is 1. The van der Waals surface area contributed by atoms with Crippen LogP contribution in [0.15, 0.2) is 18.2 Å². The van der Waals surface area contributed by atoms with Crippen LogP contribution in [0.25, 0.3) is 0 Å². The first kappa shape index (κ1) is 15.4. The molecule has 120 valence electrons. The zero-order valence-electron chi connectivity index (χ0n) is 12.6. The standard InChI is InChI=1S/C15H19FN2O3S/c1-10-3-4-11-7-13(16)5-6-14(11)18(10)15(19)12-8-17(9-12)22(2,20)21/h5-7,10,12H,3-4,8-9H2,1-2H3/t10-/m0/s1. The van der Waals surface area contributed by atoms with Crippen molar-refractivity contribution in [3.05, 3.63) is 29.6 Å². The van der Waals surface area contributed by atoms with Gasteiger partial charge in [-0.15, -0.1) is 0 Å². The molecule has 0 saturated carbocycles. The number of fused-ring (bicyclic) bond motifs is 1. The Morgan fingerprint density at radius 2 is 2.00 bits per heavy atom. The molecule has 0 radical (unpaired) electrons. The molecule has 2 aliphatic rings. The highest BCUT2D eigenvalue weighted by Gasteiger charge is 2.42. The van der Waals surface area contributed by atoms with Crippen LogP contribution in [-0.2, 0) is 21.2 Å². The molecule has 3 rings (SSSR count). The minimum atomic E-state index is -3.23. The zero-order valence-corrected chi connectivity index (χ0v) is 13.4. The number of carbonyl (C=O) groups is 1. The summed E-state index contributed by atoms with van der Waals surface area (Å²) in [6.07, 6.45) is 2.68. The minimum absolute atomic E-state index is 0.0396. The normalized spacial score (nSPS) is 23.0. The molecule has 0 unspecified atom stereocenters. The Morgan fingerprint density at radius 1 is 1.32 bits per heavy atom. The van der Waals surface area contributed by atoms with Gasteiger partial charge in [0.15, 0.2) is 0 Å². The number of rotatable bonds is 2. The Kier molecular flexibility index (Phi) is 3.72. The average Bonchev–Trinajstić information content (AvgIpc) is 2.35. The van der Waals surface area contributed by atoms with Crippen LogP contribution in [0, 0.1) is 11.7 Å². The molecule has 0 aliphatic carbocycles. The lowest BCUT2D eigenvalue weighted by Gasteiger charge is -2.42. The van der Waals surface area contributed by atoms with Crippen molar-refractivity contribution >= 4 is 21.6 Å². The van der Waals surface area contributed by atoms with E-state index in [0.717, 1.165) is 30.3 Å². The van der Waals surface area contributed by atoms with E-state index in [1.165, 1.54) is 16.4 Å². The lowest BCUT2D eigenvalue weighted by molar-refractivity contribution is -0.126. The van der Waals surface area contributed by atoms with Gasteiger partial charge in [-0.3, -0.25) is 4.79 Å². The molecule has 2 heterocycles. The summed E-state index contributed by atoms with van der Waals surface area (Å²) < 4.78 is 37.5. The van der Waals surface area contributed by atoms with Gasteiger partial charge in [-0.1, -0.05) is 0 Å². The van der Waals surface area contributed by atoms with Crippen LogP contribution in [0.3, 0.4) is 0 Å². The Hall–Kier alpha value is -1.47. The second kappa shape index (κ2) is 5.31. The van der Waals surface area contributed by atoms with Crippen LogP contribution in [-0.4, -0.2) is 44.0 Å². The van der Waals surface area contributed by atoms with E-state index in [-0.39, 0.29) is 36.8 Å². The first-order valence-electron chi connectivity index (χ1n) is 7.34. The number of nitrogens with zero attached hydrogens (tertiary/aromatic N) is 2. The molecule has 1 amide bonds. The maximum atomic E-state index is 13.4. The molecule has 22 heavy (non-hydrogen) atoms. The fourth-order valence-electron chi connectivity index (χ4n) is 3.12. The average molecular weight is 326 g/mol. The van der Waals surface area contributed by atoms with Gasteiger partial charge in [0, 0.05) is 24.8 Å². The summed E-state index contributed by atoms with van der Waals surface area (Å²) in [4.78, 5) is 14.4. The molecular weight excluding hydrogens is 307 g/mol. The van der Waals surface area contributed by atoms with Crippen LogP contribution >= 0.6 is 0 Å². The van der Waals surface area contributed by atoms with E-state index >= 15 is 0 Å². The molecule has 0 N–H and O–H groups in total. The first-order chi connectivity index (χ1) is 10.3. The van der Waals surface area contributed by atoms with Crippen LogP contribution in [0.5, 0.6) is 0 Å². The summed E-state index contributed by atoms with van der Waals surface area (Å²) in [7, 11) is -3.23. The summed E-state index contributed by atoms with van der Waals surface area (Å²) in [5.74, 6) is -0.680. The number of hydrogen-bond donors (Lipinski definition) is 0. The molecule has 1 saturated heterocycles. The predicted molar refractivity (Wildman–Crippen MR) is 81.6 cm³/mol. The highest BCUT2D eigenvalue weighted by atomic mass is 32.2. The molecule has 7 heteroatoms. The highest BCUT2D eigenvalue weighted by Crippen LogP contribution is 2.34. The molecule has 1 atom stereocenters. The third-order valence-electron chi connectivity index (χ3n) is 4.48. The molecule has 0 bridgehead atoms. The summed E-state index contributed by atoms with van der Waals surface area (Å²) in [6, 6.07) is 4.52. The van der Waals surface area contributed by atoms with E-state index in [0.29, 0.717) is 0 Å². The number of carbonyl (C=O) groups excluding carboxylic acids is 1. The lowest BCUT2D eigenvalue weighted by atomic mass is 9.93. The SMILES string of the molecule is C[C@H]1CCc2cc(F)ccc2N1C(=O)C1CN(S(C)(=O)=O)C1. The van der Waals surface area contributed by atoms with E-state index in [1.807, 2.05) is 6.92 Å². The van der Waals surface area contributed by atoms with Crippen LogP contribution in [0.1, 0.15) is 18.9 Å². The number of sulfonamides is 1. The number of aryl methyl sites for hydroxylation is 1. The highest BCUT2D eigenvalue weighted by molar-refractivity contribution is 7.88. The lowest BCUT2D eigenvalue weighted by Crippen LogP contribution is -2.58. The summed E-state index contributed by atoms with van der Waals surface area (Å²) in [6.45, 7) is 2.44. The minimum Gasteiger partial charge on any atom is -0.309 e. The maximum absolute atomic E-state index is 13.4. The Morgan fingerprint density at radius 3 is 2.64 bits per heavy atom. The second-order valence-electron chi connectivity index (χ2n) is 6.15. The van der Waals surface area contributed by atoms with Gasteiger partial charge in [-0.05, 0) is 43.5 Å². The van der Waals surface area contributed by atoms with Crippen molar-refractivity contribution in [1.82, 2.24) is 4.31 Å². The predicted octanol–water partition coefficient (Wildman–Crippen LogP) is 1.38. The molecule has 2 aliphatic heterocycles. The van der Waals surface area contributed by atoms with Gasteiger partial charge in [0.1, 0.15) is 5.82 Å². The van der Waals surface area contributed by atoms with Crippen molar-refractivity contribution in [3.63, 3.8) is 0 Å². The maximum Gasteiger partial charge on any atom is 0.233 e. The van der Waals surface area contributed by atoms with Gasteiger partial charge in [0.2, 0.25) is 15.9 Å². The smallest absolute Gasteiger partial charge is 0.233 e. The quantitative estimate of drug-likeness (QED) is 0.825. The Balaban J connectivity index is 1.82. The molecular formula is C15H19FN2O3S. The number of hydrogen-bond acceptors (Lipinski definition) is 3. The first-order valence-corrected chi connectivity index (χ1v) is 9.19. The Labute approximate surface area is 129 Å². The van der Waals surface area contributed by atoms with E-state index in [2.05, 4.69) is 0 Å². The molecule has 0 aromatic heterocycles. The topological polar surface area (TPSA) is 57.7 Å². The third-order valence-corrected chi connectivity index (χ3v) is 5.71. The van der Waals surface area contributed by atoms with Crippen molar-refractivity contribution in [1.29, 1.82) is 0 Å². The number of amides is 1.